The highest BCUT2D eigenvalue weighted by Crippen LogP contribution is 2.25. The quantitative estimate of drug-likeness (QED) is 0.519. The van der Waals surface area contributed by atoms with Gasteiger partial charge in [0.15, 0.2) is 5.82 Å². The van der Waals surface area contributed by atoms with Gasteiger partial charge in [-0.1, -0.05) is 12.1 Å². The zero-order valence-corrected chi connectivity index (χ0v) is 14.2. The molecule has 3 aromatic rings. The Morgan fingerprint density at radius 3 is 2.69 bits per heavy atom. The Morgan fingerprint density at radius 1 is 1.08 bits per heavy atom. The van der Waals surface area contributed by atoms with E-state index in [4.69, 9.17) is 9.47 Å². The summed E-state index contributed by atoms with van der Waals surface area (Å²) >= 11 is 0. The molecule has 0 saturated carbocycles. The molecule has 8 nitrogen and oxygen atoms in total. The Labute approximate surface area is 149 Å². The maximum absolute atomic E-state index is 11.6. The first-order chi connectivity index (χ1) is 12.6. The molecule has 0 unspecified atom stereocenters. The number of rotatable bonds is 5. The van der Waals surface area contributed by atoms with Gasteiger partial charge in [-0.2, -0.15) is 0 Å². The smallest absolute Gasteiger partial charge is 0.337 e. The highest BCUT2D eigenvalue weighted by Gasteiger charge is 2.15. The van der Waals surface area contributed by atoms with Gasteiger partial charge in [0.25, 0.3) is 0 Å². The molecule has 0 fully saturated rings. The molecule has 0 amide bonds. The summed E-state index contributed by atoms with van der Waals surface area (Å²) < 4.78 is 11.1. The van der Waals surface area contributed by atoms with Crippen molar-refractivity contribution in [1.82, 2.24) is 9.38 Å². The summed E-state index contributed by atoms with van der Waals surface area (Å²) in [7, 11) is 2.63. The van der Waals surface area contributed by atoms with Crippen LogP contribution < -0.4 is 0 Å². The molecular weight excluding hydrogens is 336 g/mol. The van der Waals surface area contributed by atoms with Crippen molar-refractivity contribution in [1.29, 1.82) is 0 Å². The SMILES string of the molecule is COC(=O)Cc1nc2ccccn2c1N=Nc1cccc(C(=O)OC)c1. The number of pyridine rings is 1. The average molecular weight is 352 g/mol. The van der Waals surface area contributed by atoms with Crippen LogP contribution in [0.1, 0.15) is 16.1 Å². The van der Waals surface area contributed by atoms with Gasteiger partial charge in [-0.05, 0) is 30.3 Å². The van der Waals surface area contributed by atoms with Crippen molar-refractivity contribution >= 4 is 29.1 Å². The Bertz CT molecular complexity index is 994. The molecule has 0 aliphatic rings. The van der Waals surface area contributed by atoms with Crippen molar-refractivity contribution < 1.29 is 19.1 Å². The topological polar surface area (TPSA) is 94.6 Å². The fourth-order valence-corrected chi connectivity index (χ4v) is 2.38. The normalized spacial score (nSPS) is 11.0. The molecule has 0 aliphatic heterocycles. The first kappa shape index (κ1) is 17.3. The van der Waals surface area contributed by atoms with Gasteiger partial charge in [-0.25, -0.2) is 9.78 Å². The van der Waals surface area contributed by atoms with Gasteiger partial charge in [0.1, 0.15) is 5.65 Å². The fourth-order valence-electron chi connectivity index (χ4n) is 2.38. The minimum atomic E-state index is -0.455. The summed E-state index contributed by atoms with van der Waals surface area (Å²) in [6.45, 7) is 0. The van der Waals surface area contributed by atoms with Crippen LogP contribution in [0.3, 0.4) is 0 Å². The fraction of sp³-hybridized carbons (Fsp3) is 0.167. The van der Waals surface area contributed by atoms with Crippen molar-refractivity contribution in [2.75, 3.05) is 14.2 Å². The van der Waals surface area contributed by atoms with E-state index in [0.29, 0.717) is 28.4 Å². The Balaban J connectivity index is 1.99. The van der Waals surface area contributed by atoms with Crippen molar-refractivity contribution in [3.8, 4) is 0 Å². The Hall–Kier alpha value is -3.55. The number of azo groups is 1. The number of ether oxygens (including phenoxy) is 2. The second-order valence-corrected chi connectivity index (χ2v) is 5.31. The summed E-state index contributed by atoms with van der Waals surface area (Å²) in [5, 5.41) is 8.42. The average Bonchev–Trinajstić information content (AvgIpc) is 3.02. The van der Waals surface area contributed by atoms with Crippen LogP contribution in [-0.4, -0.2) is 35.5 Å². The zero-order chi connectivity index (χ0) is 18.5. The van der Waals surface area contributed by atoms with Crippen LogP contribution >= 0.6 is 0 Å². The van der Waals surface area contributed by atoms with Crippen LogP contribution in [0, 0.1) is 0 Å². The van der Waals surface area contributed by atoms with Crippen LogP contribution in [0.2, 0.25) is 0 Å². The van der Waals surface area contributed by atoms with E-state index in [-0.39, 0.29) is 6.42 Å². The largest absolute Gasteiger partial charge is 0.469 e. The van der Waals surface area contributed by atoms with Crippen molar-refractivity contribution in [3.63, 3.8) is 0 Å². The van der Waals surface area contributed by atoms with Gasteiger partial charge < -0.3 is 9.47 Å². The lowest BCUT2D eigenvalue weighted by Gasteiger charge is -2.00. The van der Waals surface area contributed by atoms with Gasteiger partial charge in [-0.3, -0.25) is 9.20 Å². The molecule has 2 heterocycles. The summed E-state index contributed by atoms with van der Waals surface area (Å²) in [6.07, 6.45) is 1.76. The highest BCUT2D eigenvalue weighted by atomic mass is 16.5. The lowest BCUT2D eigenvalue weighted by atomic mass is 10.2. The number of benzene rings is 1. The van der Waals surface area contributed by atoms with Gasteiger partial charge in [0, 0.05) is 6.20 Å². The molecule has 1 aromatic carbocycles. The second-order valence-electron chi connectivity index (χ2n) is 5.31. The molecule has 0 aliphatic carbocycles. The number of fused-ring (bicyclic) bond motifs is 1. The number of esters is 2. The molecule has 0 bridgehead atoms. The van der Waals surface area contributed by atoms with Crippen LogP contribution in [0.25, 0.3) is 5.65 Å². The molecule has 2 aromatic heterocycles. The van der Waals surface area contributed by atoms with E-state index in [1.807, 2.05) is 12.1 Å². The minimum absolute atomic E-state index is 0.0191. The second kappa shape index (κ2) is 7.56. The Morgan fingerprint density at radius 2 is 1.92 bits per heavy atom. The molecule has 0 atom stereocenters. The van der Waals surface area contributed by atoms with E-state index in [1.165, 1.54) is 14.2 Å². The maximum Gasteiger partial charge on any atom is 0.337 e. The van der Waals surface area contributed by atoms with Gasteiger partial charge in [0.05, 0.1) is 37.6 Å². The number of carbonyl (C=O) groups is 2. The van der Waals surface area contributed by atoms with Gasteiger partial charge in [0.2, 0.25) is 0 Å². The van der Waals surface area contributed by atoms with E-state index in [9.17, 15) is 9.59 Å². The summed E-state index contributed by atoms with van der Waals surface area (Å²) in [6, 6.07) is 12.1. The number of aromatic nitrogens is 2. The molecule has 3 rings (SSSR count). The van der Waals surface area contributed by atoms with E-state index in [1.54, 1.807) is 40.9 Å². The molecular formula is C18H16N4O4. The number of hydrogen-bond acceptors (Lipinski definition) is 7. The van der Waals surface area contributed by atoms with Crippen LogP contribution in [0.5, 0.6) is 0 Å². The van der Waals surface area contributed by atoms with E-state index in [2.05, 4.69) is 15.2 Å². The third-order valence-electron chi connectivity index (χ3n) is 3.64. The first-order valence-corrected chi connectivity index (χ1v) is 7.75. The molecule has 8 heteroatoms. The van der Waals surface area contributed by atoms with E-state index < -0.39 is 11.9 Å². The summed E-state index contributed by atoms with van der Waals surface area (Å²) in [4.78, 5) is 27.7. The summed E-state index contributed by atoms with van der Waals surface area (Å²) in [5.74, 6) is -0.449. The van der Waals surface area contributed by atoms with E-state index >= 15 is 0 Å². The highest BCUT2D eigenvalue weighted by molar-refractivity contribution is 5.90. The third kappa shape index (κ3) is 3.59. The lowest BCUT2D eigenvalue weighted by molar-refractivity contribution is -0.139. The molecule has 0 spiro atoms. The predicted octanol–water partition coefficient (Wildman–Crippen LogP) is 3.25. The van der Waals surface area contributed by atoms with Crippen molar-refractivity contribution in [3.05, 3.63) is 59.9 Å². The zero-order valence-electron chi connectivity index (χ0n) is 14.2. The maximum atomic E-state index is 11.6. The molecule has 0 N–H and O–H groups in total. The molecule has 132 valence electrons. The number of methoxy groups -OCH3 is 2. The van der Waals surface area contributed by atoms with Crippen molar-refractivity contribution in [2.24, 2.45) is 10.2 Å². The number of carbonyl (C=O) groups excluding carboxylic acids is 2. The van der Waals surface area contributed by atoms with Crippen molar-refractivity contribution in [2.45, 2.75) is 6.42 Å². The van der Waals surface area contributed by atoms with Crippen LogP contribution in [0.4, 0.5) is 11.5 Å². The molecule has 0 saturated heterocycles. The van der Waals surface area contributed by atoms with Gasteiger partial charge >= 0.3 is 11.9 Å². The van der Waals surface area contributed by atoms with E-state index in [0.717, 1.165) is 0 Å². The number of nitrogens with zero attached hydrogens (tertiary/aromatic N) is 4. The lowest BCUT2D eigenvalue weighted by Crippen LogP contribution is -2.04. The Kier molecular flexibility index (Phi) is 5.02. The molecule has 0 radical (unpaired) electrons. The number of hydrogen-bond donors (Lipinski definition) is 0. The minimum Gasteiger partial charge on any atom is -0.469 e. The van der Waals surface area contributed by atoms with Crippen LogP contribution in [0.15, 0.2) is 58.9 Å². The first-order valence-electron chi connectivity index (χ1n) is 7.75. The summed E-state index contributed by atoms with van der Waals surface area (Å²) in [5.41, 5.74) is 1.94. The van der Waals surface area contributed by atoms with Gasteiger partial charge in [-0.15, -0.1) is 10.2 Å². The standard InChI is InChI=1S/C18H16N4O4/c1-25-16(23)11-14-17(22-9-4-3-8-15(22)19-14)21-20-13-7-5-6-12(10-13)18(24)26-2/h3-10H,11H2,1-2H3. The third-order valence-corrected chi connectivity index (χ3v) is 3.64. The monoisotopic (exact) mass is 352 g/mol. The predicted molar refractivity (Wildman–Crippen MR) is 92.9 cm³/mol. The molecule has 26 heavy (non-hydrogen) atoms. The van der Waals surface area contributed by atoms with Crippen LogP contribution in [-0.2, 0) is 20.7 Å². The number of imidazole rings is 1.